The Morgan fingerprint density at radius 1 is 1.26 bits per heavy atom. The van der Waals surface area contributed by atoms with Gasteiger partial charge in [-0.1, -0.05) is 23.9 Å². The molecule has 0 atom stereocenters. The van der Waals surface area contributed by atoms with E-state index in [0.29, 0.717) is 10.5 Å². The molecule has 0 unspecified atom stereocenters. The molecule has 2 aromatic heterocycles. The van der Waals surface area contributed by atoms with Gasteiger partial charge in [-0.15, -0.1) is 11.3 Å². The van der Waals surface area contributed by atoms with Crippen molar-refractivity contribution in [3.05, 3.63) is 50.9 Å². The van der Waals surface area contributed by atoms with Crippen LogP contribution in [0.5, 0.6) is 0 Å². The number of thioether (sulfide) groups is 1. The van der Waals surface area contributed by atoms with E-state index in [1.807, 2.05) is 6.26 Å². The summed E-state index contributed by atoms with van der Waals surface area (Å²) in [6.45, 7) is 0. The zero-order valence-electron chi connectivity index (χ0n) is 12.6. The molecule has 1 aliphatic rings. The van der Waals surface area contributed by atoms with E-state index in [1.54, 1.807) is 29.5 Å². The number of para-hydroxylation sites is 1. The van der Waals surface area contributed by atoms with Gasteiger partial charge < -0.3 is 0 Å². The first-order chi connectivity index (χ1) is 11.2. The van der Waals surface area contributed by atoms with Crippen molar-refractivity contribution < 1.29 is 4.39 Å². The maximum Gasteiger partial charge on any atom is 0.267 e. The summed E-state index contributed by atoms with van der Waals surface area (Å²) in [5, 5.41) is 1.22. The zero-order valence-corrected chi connectivity index (χ0v) is 14.3. The second-order valence-corrected chi connectivity index (χ2v) is 7.44. The van der Waals surface area contributed by atoms with Gasteiger partial charge in [0.2, 0.25) is 0 Å². The van der Waals surface area contributed by atoms with Gasteiger partial charge in [0.15, 0.2) is 5.16 Å². The molecule has 3 aromatic rings. The number of benzene rings is 1. The number of aryl methyl sites for hydroxylation is 2. The fraction of sp³-hybridized carbons (Fsp3) is 0.294. The predicted molar refractivity (Wildman–Crippen MR) is 93.6 cm³/mol. The lowest BCUT2D eigenvalue weighted by molar-refractivity contribution is 0.608. The summed E-state index contributed by atoms with van der Waals surface area (Å²) in [5.41, 5.74) is 1.25. The molecule has 3 nitrogen and oxygen atoms in total. The number of thiophene rings is 1. The average Bonchev–Trinajstić information content (AvgIpc) is 2.94. The number of hydrogen-bond acceptors (Lipinski definition) is 4. The first-order valence-corrected chi connectivity index (χ1v) is 9.61. The van der Waals surface area contributed by atoms with Crippen LogP contribution in [0.25, 0.3) is 15.9 Å². The SMILES string of the molecule is CSc1nc2sc3c(c2c(=O)n1-c1ccccc1F)CCCC3. The molecule has 118 valence electrons. The number of rotatable bonds is 2. The van der Waals surface area contributed by atoms with E-state index in [4.69, 9.17) is 0 Å². The van der Waals surface area contributed by atoms with Gasteiger partial charge in [0.05, 0.1) is 11.1 Å². The van der Waals surface area contributed by atoms with Crippen LogP contribution in [-0.4, -0.2) is 15.8 Å². The molecule has 0 N–H and O–H groups in total. The minimum Gasteiger partial charge on any atom is -0.268 e. The molecule has 0 bridgehead atoms. The third-order valence-corrected chi connectivity index (χ3v) is 6.06. The van der Waals surface area contributed by atoms with E-state index in [1.165, 1.54) is 27.3 Å². The zero-order chi connectivity index (χ0) is 16.0. The Morgan fingerprint density at radius 3 is 2.83 bits per heavy atom. The van der Waals surface area contributed by atoms with Crippen LogP contribution in [0, 0.1) is 5.82 Å². The Bertz CT molecular complexity index is 961. The second-order valence-electron chi connectivity index (χ2n) is 5.58. The fourth-order valence-electron chi connectivity index (χ4n) is 3.17. The summed E-state index contributed by atoms with van der Waals surface area (Å²) in [4.78, 5) is 19.9. The highest BCUT2D eigenvalue weighted by atomic mass is 32.2. The van der Waals surface area contributed by atoms with Gasteiger partial charge in [-0.3, -0.25) is 9.36 Å². The summed E-state index contributed by atoms with van der Waals surface area (Å²) in [7, 11) is 0. The van der Waals surface area contributed by atoms with Crippen LogP contribution >= 0.6 is 23.1 Å². The smallest absolute Gasteiger partial charge is 0.267 e. The Hall–Kier alpha value is -1.66. The average molecular weight is 346 g/mol. The first-order valence-electron chi connectivity index (χ1n) is 7.57. The van der Waals surface area contributed by atoms with Crippen molar-refractivity contribution in [1.82, 2.24) is 9.55 Å². The molecule has 1 aliphatic carbocycles. The third kappa shape index (κ3) is 2.32. The molecule has 0 fully saturated rings. The second kappa shape index (κ2) is 5.76. The Morgan fingerprint density at radius 2 is 2.04 bits per heavy atom. The highest BCUT2D eigenvalue weighted by molar-refractivity contribution is 7.98. The monoisotopic (exact) mass is 346 g/mol. The lowest BCUT2D eigenvalue weighted by Gasteiger charge is -2.13. The number of halogens is 1. The molecular formula is C17H15FN2OS2. The quantitative estimate of drug-likeness (QED) is 0.515. The number of hydrogen-bond donors (Lipinski definition) is 0. The van der Waals surface area contributed by atoms with E-state index in [0.717, 1.165) is 36.1 Å². The van der Waals surface area contributed by atoms with Crippen molar-refractivity contribution in [3.8, 4) is 5.69 Å². The van der Waals surface area contributed by atoms with Crippen molar-refractivity contribution in [1.29, 1.82) is 0 Å². The van der Waals surface area contributed by atoms with Crippen molar-refractivity contribution in [2.75, 3.05) is 6.26 Å². The van der Waals surface area contributed by atoms with Gasteiger partial charge in [0.25, 0.3) is 5.56 Å². The summed E-state index contributed by atoms with van der Waals surface area (Å²) in [5.74, 6) is -0.407. The van der Waals surface area contributed by atoms with Crippen LogP contribution in [0.15, 0.2) is 34.2 Å². The summed E-state index contributed by atoms with van der Waals surface area (Å²) < 4.78 is 15.7. The van der Waals surface area contributed by atoms with Crippen molar-refractivity contribution in [3.63, 3.8) is 0 Å². The predicted octanol–water partition coefficient (Wildman–Crippen LogP) is 4.19. The molecule has 0 saturated heterocycles. The Balaban J connectivity index is 2.10. The molecule has 0 radical (unpaired) electrons. The van der Waals surface area contributed by atoms with Crippen molar-refractivity contribution in [2.45, 2.75) is 30.8 Å². The molecule has 0 saturated carbocycles. The van der Waals surface area contributed by atoms with Gasteiger partial charge in [0, 0.05) is 4.88 Å². The maximum absolute atomic E-state index is 14.2. The molecular weight excluding hydrogens is 331 g/mol. The largest absolute Gasteiger partial charge is 0.268 e. The van der Waals surface area contributed by atoms with Crippen LogP contribution in [-0.2, 0) is 12.8 Å². The summed E-state index contributed by atoms with van der Waals surface area (Å²) >= 11 is 2.99. The first kappa shape index (κ1) is 14.9. The van der Waals surface area contributed by atoms with Crippen LogP contribution in [0.4, 0.5) is 4.39 Å². The third-order valence-electron chi connectivity index (χ3n) is 4.23. The minimum atomic E-state index is -0.407. The minimum absolute atomic E-state index is 0.149. The molecule has 0 spiro atoms. The number of aromatic nitrogens is 2. The lowest BCUT2D eigenvalue weighted by atomic mass is 9.97. The topological polar surface area (TPSA) is 34.9 Å². The van der Waals surface area contributed by atoms with Crippen LogP contribution < -0.4 is 5.56 Å². The van der Waals surface area contributed by atoms with E-state index < -0.39 is 5.82 Å². The van der Waals surface area contributed by atoms with Crippen molar-refractivity contribution >= 4 is 33.3 Å². The Labute approximate surface area is 141 Å². The summed E-state index contributed by atoms with van der Waals surface area (Å²) in [6, 6.07) is 6.37. The van der Waals surface area contributed by atoms with E-state index in [-0.39, 0.29) is 11.2 Å². The van der Waals surface area contributed by atoms with Gasteiger partial charge in [-0.2, -0.15) is 0 Å². The number of nitrogens with zero attached hydrogens (tertiary/aromatic N) is 2. The van der Waals surface area contributed by atoms with Gasteiger partial charge >= 0.3 is 0 Å². The molecule has 0 aliphatic heterocycles. The van der Waals surface area contributed by atoms with Crippen LogP contribution in [0.3, 0.4) is 0 Å². The molecule has 2 heterocycles. The molecule has 1 aromatic carbocycles. The van der Waals surface area contributed by atoms with E-state index >= 15 is 0 Å². The summed E-state index contributed by atoms with van der Waals surface area (Å²) in [6.07, 6.45) is 6.06. The van der Waals surface area contributed by atoms with Crippen LogP contribution in [0.2, 0.25) is 0 Å². The van der Waals surface area contributed by atoms with E-state index in [9.17, 15) is 9.18 Å². The van der Waals surface area contributed by atoms with Gasteiger partial charge in [-0.05, 0) is 49.6 Å². The normalized spacial score (nSPS) is 14.2. The lowest BCUT2D eigenvalue weighted by Crippen LogP contribution is -2.23. The maximum atomic E-state index is 14.2. The highest BCUT2D eigenvalue weighted by Crippen LogP contribution is 2.35. The molecule has 4 rings (SSSR count). The molecule has 0 amide bonds. The fourth-order valence-corrected chi connectivity index (χ4v) is 5.02. The molecule has 6 heteroatoms. The van der Waals surface area contributed by atoms with Crippen molar-refractivity contribution in [2.24, 2.45) is 0 Å². The van der Waals surface area contributed by atoms with Crippen LogP contribution in [0.1, 0.15) is 23.3 Å². The molecule has 23 heavy (non-hydrogen) atoms. The van der Waals surface area contributed by atoms with Gasteiger partial charge in [-0.25, -0.2) is 9.37 Å². The standard InChI is InChI=1S/C17H15FN2OS2/c1-22-17-19-15-14(10-6-2-5-9-13(10)23-15)16(21)20(17)12-8-4-3-7-11(12)18/h3-4,7-8H,2,5-6,9H2,1H3. The number of fused-ring (bicyclic) bond motifs is 3. The highest BCUT2D eigenvalue weighted by Gasteiger charge is 2.23. The van der Waals surface area contributed by atoms with Gasteiger partial charge in [0.1, 0.15) is 10.6 Å². The van der Waals surface area contributed by atoms with E-state index in [2.05, 4.69) is 4.98 Å². The Kier molecular flexibility index (Phi) is 3.73.